The van der Waals surface area contributed by atoms with E-state index < -0.39 is 41.7 Å². The maximum Gasteiger partial charge on any atom is 0.305 e. The molecule has 1 aliphatic carbocycles. The van der Waals surface area contributed by atoms with Gasteiger partial charge in [-0.3, -0.25) is 24.0 Å². The first-order valence-electron chi connectivity index (χ1n) is 11.9. The fourth-order valence-corrected chi connectivity index (χ4v) is 3.64. The molecule has 3 atom stereocenters. The van der Waals surface area contributed by atoms with Gasteiger partial charge in [0.1, 0.15) is 12.2 Å². The first kappa shape index (κ1) is 30.5. The molecule has 1 rings (SSSR count). The second-order valence-electron chi connectivity index (χ2n) is 8.33. The van der Waals surface area contributed by atoms with E-state index in [1.807, 2.05) is 6.92 Å². The molecule has 1 aliphatic rings. The summed E-state index contributed by atoms with van der Waals surface area (Å²) in [7, 11) is 1.27. The van der Waals surface area contributed by atoms with Gasteiger partial charge in [0, 0.05) is 39.2 Å². The van der Waals surface area contributed by atoms with Crippen molar-refractivity contribution in [1.82, 2.24) is 0 Å². The van der Waals surface area contributed by atoms with Crippen LogP contribution in [0.1, 0.15) is 66.2 Å². The van der Waals surface area contributed by atoms with E-state index in [-0.39, 0.29) is 30.6 Å². The van der Waals surface area contributed by atoms with Crippen LogP contribution in [0.4, 0.5) is 0 Å². The van der Waals surface area contributed by atoms with E-state index in [1.54, 1.807) is 18.2 Å². The van der Waals surface area contributed by atoms with Crippen molar-refractivity contribution in [2.24, 2.45) is 0 Å². The smallest absolute Gasteiger partial charge is 0.305 e. The lowest BCUT2D eigenvalue weighted by Gasteiger charge is -2.27. The molecule has 9 nitrogen and oxygen atoms in total. The number of rotatable bonds is 14. The molecule has 0 N–H and O–H groups in total. The molecule has 0 unspecified atom stereocenters. The van der Waals surface area contributed by atoms with Gasteiger partial charge in [0.2, 0.25) is 0 Å². The van der Waals surface area contributed by atoms with E-state index in [4.69, 9.17) is 14.2 Å². The monoisotopic (exact) mass is 504 g/mol. The molecule has 0 aromatic heterocycles. The molecule has 0 aromatic rings. The lowest BCUT2D eigenvalue weighted by atomic mass is 9.91. The van der Waals surface area contributed by atoms with E-state index in [1.165, 1.54) is 52.2 Å². The number of methoxy groups -OCH3 is 1. The third-order valence-electron chi connectivity index (χ3n) is 5.25. The van der Waals surface area contributed by atoms with Gasteiger partial charge in [0.25, 0.3) is 0 Å². The fourth-order valence-electron chi connectivity index (χ4n) is 3.64. The normalized spacial score (nSPS) is 20.0. The molecule has 0 saturated heterocycles. The van der Waals surface area contributed by atoms with Crippen LogP contribution < -0.4 is 0 Å². The zero-order chi connectivity index (χ0) is 27.1. The highest BCUT2D eigenvalue weighted by Crippen LogP contribution is 2.35. The van der Waals surface area contributed by atoms with Crippen molar-refractivity contribution >= 4 is 29.7 Å². The number of carbonyl (C=O) groups is 5. The van der Waals surface area contributed by atoms with Gasteiger partial charge in [-0.05, 0) is 43.6 Å². The average molecular weight is 505 g/mol. The molecule has 0 heterocycles. The standard InChI is InChI=1S/C27H36O9/c1-6-7-10-22(34-19(2)28)12-9-17-27(36-21(4)30)18-16-25(31)24(27)13-8-11-23(35-20(3)29)14-15-26(32)33-5/h8-9,11-13,16,18,22-23H,6-7,10,14-15,17H2,1-5H3/b11-8+,12-9-,24-13?/t22-,23+,27+/m1/s1. The quantitative estimate of drug-likeness (QED) is 0.150. The number of ether oxygens (including phenoxy) is 4. The number of allylic oxidation sites excluding steroid dienone is 3. The highest BCUT2D eigenvalue weighted by atomic mass is 16.6. The molecule has 0 amide bonds. The third kappa shape index (κ3) is 10.8. The van der Waals surface area contributed by atoms with E-state index >= 15 is 0 Å². The topological polar surface area (TPSA) is 122 Å². The van der Waals surface area contributed by atoms with Crippen LogP contribution in [0, 0.1) is 0 Å². The highest BCUT2D eigenvalue weighted by molar-refractivity contribution is 6.09. The van der Waals surface area contributed by atoms with Crippen LogP contribution in [0.15, 0.2) is 48.1 Å². The molecule has 0 bridgehead atoms. The Kier molecular flexibility index (Phi) is 13.1. The fraction of sp³-hybridized carbons (Fsp3) is 0.519. The summed E-state index contributed by atoms with van der Waals surface area (Å²) < 4.78 is 20.7. The molecule has 0 aliphatic heterocycles. The molecule has 0 fully saturated rings. The molecule has 9 heteroatoms. The van der Waals surface area contributed by atoms with Crippen molar-refractivity contribution in [2.45, 2.75) is 84.0 Å². The zero-order valence-corrected chi connectivity index (χ0v) is 21.6. The lowest BCUT2D eigenvalue weighted by Crippen LogP contribution is -2.33. The SMILES string of the molecule is CCCC[C@H](/C=C\C[C@]1(OC(C)=O)C=CC(=O)C1=C/C=C/[C@@H](CCC(=O)OC)OC(C)=O)OC(C)=O. The van der Waals surface area contributed by atoms with E-state index in [0.29, 0.717) is 6.42 Å². The summed E-state index contributed by atoms with van der Waals surface area (Å²) in [5.41, 5.74) is -1.12. The Bertz CT molecular complexity index is 926. The van der Waals surface area contributed by atoms with Gasteiger partial charge >= 0.3 is 23.9 Å². The predicted molar refractivity (Wildman–Crippen MR) is 132 cm³/mol. The van der Waals surface area contributed by atoms with Crippen molar-refractivity contribution in [3.63, 3.8) is 0 Å². The largest absolute Gasteiger partial charge is 0.469 e. The molecular weight excluding hydrogens is 468 g/mol. The minimum atomic E-state index is -1.34. The van der Waals surface area contributed by atoms with Crippen LogP contribution in [0.5, 0.6) is 0 Å². The van der Waals surface area contributed by atoms with Crippen LogP contribution in [0.25, 0.3) is 0 Å². The number of ketones is 1. The minimum Gasteiger partial charge on any atom is -0.469 e. The van der Waals surface area contributed by atoms with Crippen molar-refractivity contribution < 1.29 is 42.9 Å². The summed E-state index contributed by atoms with van der Waals surface area (Å²) in [6, 6.07) is 0. The van der Waals surface area contributed by atoms with Crippen LogP contribution in [0.3, 0.4) is 0 Å². The third-order valence-corrected chi connectivity index (χ3v) is 5.25. The molecule has 36 heavy (non-hydrogen) atoms. The molecule has 0 radical (unpaired) electrons. The summed E-state index contributed by atoms with van der Waals surface area (Å²) >= 11 is 0. The molecule has 0 saturated carbocycles. The summed E-state index contributed by atoms with van der Waals surface area (Å²) in [4.78, 5) is 58.9. The van der Waals surface area contributed by atoms with Gasteiger partial charge < -0.3 is 18.9 Å². The van der Waals surface area contributed by atoms with Crippen molar-refractivity contribution in [3.05, 3.63) is 48.1 Å². The first-order valence-corrected chi connectivity index (χ1v) is 11.9. The lowest BCUT2D eigenvalue weighted by molar-refractivity contribution is -0.149. The van der Waals surface area contributed by atoms with Crippen molar-refractivity contribution in [2.75, 3.05) is 7.11 Å². The molecule has 0 spiro atoms. The van der Waals surface area contributed by atoms with Crippen LogP contribution >= 0.6 is 0 Å². The van der Waals surface area contributed by atoms with Gasteiger partial charge in [0.15, 0.2) is 11.4 Å². The Morgan fingerprint density at radius 1 is 0.972 bits per heavy atom. The number of hydrogen-bond donors (Lipinski definition) is 0. The maximum absolute atomic E-state index is 12.6. The Hall–Kier alpha value is -3.49. The van der Waals surface area contributed by atoms with E-state index in [0.717, 1.165) is 12.8 Å². The predicted octanol–water partition coefficient (Wildman–Crippen LogP) is 3.86. The molecule has 198 valence electrons. The van der Waals surface area contributed by atoms with Crippen LogP contribution in [-0.2, 0) is 42.9 Å². The first-order chi connectivity index (χ1) is 17.0. The second-order valence-corrected chi connectivity index (χ2v) is 8.33. The summed E-state index contributed by atoms with van der Waals surface area (Å²) in [5.74, 6) is -2.27. The zero-order valence-electron chi connectivity index (χ0n) is 21.6. The van der Waals surface area contributed by atoms with Gasteiger partial charge in [-0.1, -0.05) is 31.6 Å². The van der Waals surface area contributed by atoms with Crippen LogP contribution in [0.2, 0.25) is 0 Å². The summed E-state index contributed by atoms with van der Waals surface area (Å²) in [6.45, 7) is 5.88. The molecular formula is C27H36O9. The Labute approximate surface area is 212 Å². The number of carbonyl (C=O) groups excluding carboxylic acids is 5. The van der Waals surface area contributed by atoms with Crippen molar-refractivity contribution in [1.29, 1.82) is 0 Å². The van der Waals surface area contributed by atoms with Gasteiger partial charge in [-0.25, -0.2) is 0 Å². The van der Waals surface area contributed by atoms with Crippen LogP contribution in [-0.4, -0.2) is 54.6 Å². The minimum absolute atomic E-state index is 0.0412. The van der Waals surface area contributed by atoms with Gasteiger partial charge in [-0.15, -0.1) is 0 Å². The highest BCUT2D eigenvalue weighted by Gasteiger charge is 2.41. The Balaban J connectivity index is 3.16. The summed E-state index contributed by atoms with van der Waals surface area (Å²) in [6.07, 6.45) is 12.6. The summed E-state index contributed by atoms with van der Waals surface area (Å²) in [5, 5.41) is 0. The van der Waals surface area contributed by atoms with Crippen molar-refractivity contribution in [3.8, 4) is 0 Å². The van der Waals surface area contributed by atoms with Gasteiger partial charge in [-0.2, -0.15) is 0 Å². The maximum atomic E-state index is 12.6. The molecule has 0 aromatic carbocycles. The van der Waals surface area contributed by atoms with E-state index in [2.05, 4.69) is 4.74 Å². The second kappa shape index (κ2) is 15.5. The number of hydrogen-bond acceptors (Lipinski definition) is 9. The van der Waals surface area contributed by atoms with Gasteiger partial charge in [0.05, 0.1) is 7.11 Å². The number of esters is 4. The Morgan fingerprint density at radius 2 is 1.61 bits per heavy atom. The number of unbranched alkanes of at least 4 members (excludes halogenated alkanes) is 1. The average Bonchev–Trinajstić information content (AvgIpc) is 3.09. The Morgan fingerprint density at radius 3 is 2.17 bits per heavy atom. The van der Waals surface area contributed by atoms with E-state index in [9.17, 15) is 24.0 Å².